The summed E-state index contributed by atoms with van der Waals surface area (Å²) >= 11 is 7.32. The molecule has 114 valence electrons. The number of nitriles is 1. The van der Waals surface area contributed by atoms with E-state index in [2.05, 4.69) is 6.07 Å². The van der Waals surface area contributed by atoms with E-state index in [0.717, 1.165) is 11.1 Å². The zero-order chi connectivity index (χ0) is 16.4. The van der Waals surface area contributed by atoms with Crippen molar-refractivity contribution >= 4 is 34.8 Å². The Balaban J connectivity index is 2.03. The average Bonchev–Trinajstić information content (AvgIpc) is 2.87. The van der Waals surface area contributed by atoms with Gasteiger partial charge < -0.3 is 4.90 Å². The van der Waals surface area contributed by atoms with Crippen molar-refractivity contribution in [2.24, 2.45) is 0 Å². The molecule has 0 aliphatic carbocycles. The number of allylic oxidation sites excluding steroid dienone is 1. The lowest BCUT2D eigenvalue weighted by Gasteiger charge is -2.12. The number of thioether (sulfide) groups is 1. The summed E-state index contributed by atoms with van der Waals surface area (Å²) in [6.07, 6.45) is 0. The van der Waals surface area contributed by atoms with Crippen molar-refractivity contribution in [1.29, 1.82) is 5.26 Å². The largest absolute Gasteiger partial charge is 0.308 e. The number of carbonyl (C=O) groups excluding carboxylic acids is 1. The van der Waals surface area contributed by atoms with Crippen LogP contribution in [0.25, 0.3) is 5.57 Å². The molecule has 1 atom stereocenters. The second-order valence-electron chi connectivity index (χ2n) is 5.10. The second kappa shape index (κ2) is 6.49. The molecule has 1 amide bonds. The Morgan fingerprint density at radius 1 is 1.17 bits per heavy atom. The van der Waals surface area contributed by atoms with Crippen molar-refractivity contribution in [2.45, 2.75) is 5.25 Å². The predicted molar refractivity (Wildman–Crippen MR) is 93.5 cm³/mol. The van der Waals surface area contributed by atoms with Crippen LogP contribution in [-0.2, 0) is 4.79 Å². The van der Waals surface area contributed by atoms with Gasteiger partial charge in [-0.3, -0.25) is 4.79 Å². The highest BCUT2D eigenvalue weighted by atomic mass is 35.5. The predicted octanol–water partition coefficient (Wildman–Crippen LogP) is 4.48. The number of amides is 1. The fourth-order valence-electron chi connectivity index (χ4n) is 2.43. The Labute approximate surface area is 144 Å². The highest BCUT2D eigenvalue weighted by molar-refractivity contribution is 8.04. The van der Waals surface area contributed by atoms with Gasteiger partial charge in [-0.15, -0.1) is 0 Å². The molecule has 3 nitrogen and oxygen atoms in total. The lowest BCUT2D eigenvalue weighted by atomic mass is 10.1. The van der Waals surface area contributed by atoms with Gasteiger partial charge in [0.15, 0.2) is 0 Å². The maximum atomic E-state index is 12.6. The van der Waals surface area contributed by atoms with Crippen molar-refractivity contribution in [3.8, 4) is 6.07 Å². The maximum absolute atomic E-state index is 12.6. The molecule has 0 saturated carbocycles. The first-order valence-electron chi connectivity index (χ1n) is 7.01. The third-order valence-corrected chi connectivity index (χ3v) is 5.31. The van der Waals surface area contributed by atoms with Crippen LogP contribution in [0.3, 0.4) is 0 Å². The highest BCUT2D eigenvalue weighted by Crippen LogP contribution is 2.47. The van der Waals surface area contributed by atoms with Gasteiger partial charge in [-0.05, 0) is 23.3 Å². The van der Waals surface area contributed by atoms with E-state index in [-0.39, 0.29) is 11.2 Å². The second-order valence-corrected chi connectivity index (χ2v) is 6.63. The molecule has 5 heteroatoms. The van der Waals surface area contributed by atoms with Crippen molar-refractivity contribution in [1.82, 2.24) is 4.90 Å². The molecular weight excluding hydrogens is 328 g/mol. The van der Waals surface area contributed by atoms with E-state index in [1.165, 1.54) is 11.8 Å². The van der Waals surface area contributed by atoms with Crippen molar-refractivity contribution in [2.75, 3.05) is 7.05 Å². The Morgan fingerprint density at radius 3 is 2.43 bits per heavy atom. The van der Waals surface area contributed by atoms with E-state index in [1.54, 1.807) is 36.2 Å². The molecular formula is C18H13ClN2OS. The summed E-state index contributed by atoms with van der Waals surface area (Å²) in [5, 5.41) is 10.6. The molecule has 0 bridgehead atoms. The van der Waals surface area contributed by atoms with Crippen LogP contribution in [0.5, 0.6) is 0 Å². The van der Waals surface area contributed by atoms with Gasteiger partial charge in [0.2, 0.25) is 5.91 Å². The number of hydrogen-bond acceptors (Lipinski definition) is 3. The molecule has 1 aliphatic rings. The fourth-order valence-corrected chi connectivity index (χ4v) is 3.87. The number of carbonyl (C=O) groups is 1. The average molecular weight is 341 g/mol. The molecule has 0 radical (unpaired) electrons. The van der Waals surface area contributed by atoms with Crippen LogP contribution < -0.4 is 0 Å². The number of halogens is 1. The van der Waals surface area contributed by atoms with E-state index in [1.807, 2.05) is 30.3 Å². The van der Waals surface area contributed by atoms with E-state index in [4.69, 9.17) is 11.6 Å². The van der Waals surface area contributed by atoms with Crippen LogP contribution >= 0.6 is 23.4 Å². The lowest BCUT2D eigenvalue weighted by molar-refractivity contribution is -0.126. The van der Waals surface area contributed by atoms with E-state index in [0.29, 0.717) is 15.6 Å². The van der Waals surface area contributed by atoms with Gasteiger partial charge in [-0.25, -0.2) is 0 Å². The molecule has 1 fully saturated rings. The minimum atomic E-state index is -0.313. The van der Waals surface area contributed by atoms with Crippen molar-refractivity contribution in [3.63, 3.8) is 0 Å². The molecule has 2 aromatic carbocycles. The smallest absolute Gasteiger partial charge is 0.245 e. The van der Waals surface area contributed by atoms with Gasteiger partial charge in [0.25, 0.3) is 0 Å². The van der Waals surface area contributed by atoms with Crippen LogP contribution in [0, 0.1) is 11.3 Å². The van der Waals surface area contributed by atoms with Crippen molar-refractivity contribution in [3.05, 3.63) is 75.8 Å². The SMILES string of the molecule is CN1C(=O)C(c2ccccc2)S/C1=C(/C#N)c1ccc(Cl)cc1. The summed E-state index contributed by atoms with van der Waals surface area (Å²) < 4.78 is 0. The first-order chi connectivity index (χ1) is 11.1. The third kappa shape index (κ3) is 2.98. The fraction of sp³-hybridized carbons (Fsp3) is 0.111. The van der Waals surface area contributed by atoms with E-state index >= 15 is 0 Å². The Hall–Kier alpha value is -2.22. The van der Waals surface area contributed by atoms with Crippen LogP contribution in [0.15, 0.2) is 59.6 Å². The number of hydrogen-bond donors (Lipinski definition) is 0. The van der Waals surface area contributed by atoms with Gasteiger partial charge >= 0.3 is 0 Å². The monoisotopic (exact) mass is 340 g/mol. The molecule has 3 rings (SSSR count). The number of likely N-dealkylation sites (N-methyl/N-ethyl adjacent to an activating group) is 1. The minimum Gasteiger partial charge on any atom is -0.308 e. The van der Waals surface area contributed by atoms with Gasteiger partial charge in [-0.2, -0.15) is 5.26 Å². The Kier molecular flexibility index (Phi) is 4.42. The quantitative estimate of drug-likeness (QED) is 0.757. The van der Waals surface area contributed by atoms with Crippen LogP contribution in [0.4, 0.5) is 0 Å². The number of nitrogens with zero attached hydrogens (tertiary/aromatic N) is 2. The van der Waals surface area contributed by atoms with Crippen LogP contribution in [0.2, 0.25) is 5.02 Å². The molecule has 1 saturated heterocycles. The Bertz CT molecular complexity index is 809. The molecule has 1 unspecified atom stereocenters. The number of benzene rings is 2. The van der Waals surface area contributed by atoms with E-state index in [9.17, 15) is 10.1 Å². The lowest BCUT2D eigenvalue weighted by Crippen LogP contribution is -2.21. The highest BCUT2D eigenvalue weighted by Gasteiger charge is 2.37. The van der Waals surface area contributed by atoms with Crippen LogP contribution in [0.1, 0.15) is 16.4 Å². The summed E-state index contributed by atoms with van der Waals surface area (Å²) in [5.41, 5.74) is 2.19. The van der Waals surface area contributed by atoms with Crippen molar-refractivity contribution < 1.29 is 4.79 Å². The summed E-state index contributed by atoms with van der Waals surface area (Å²) in [7, 11) is 1.71. The summed E-state index contributed by atoms with van der Waals surface area (Å²) in [4.78, 5) is 14.1. The minimum absolute atomic E-state index is 0.0158. The first-order valence-corrected chi connectivity index (χ1v) is 8.27. The molecule has 1 heterocycles. The zero-order valence-corrected chi connectivity index (χ0v) is 13.9. The molecule has 0 aromatic heterocycles. The van der Waals surface area contributed by atoms with Gasteiger partial charge in [0.1, 0.15) is 11.3 Å². The zero-order valence-electron chi connectivity index (χ0n) is 12.4. The molecule has 23 heavy (non-hydrogen) atoms. The summed E-state index contributed by atoms with van der Waals surface area (Å²) in [6, 6.07) is 18.9. The normalized spacial score (nSPS) is 19.6. The number of rotatable bonds is 2. The standard InChI is InChI=1S/C18H13ClN2OS/c1-21-17(22)16(13-5-3-2-4-6-13)23-18(21)15(11-20)12-7-9-14(19)10-8-12/h2-10,16H,1H3/b18-15-. The summed E-state index contributed by atoms with van der Waals surface area (Å²) in [6.45, 7) is 0. The summed E-state index contributed by atoms with van der Waals surface area (Å²) in [5.74, 6) is -0.0158. The molecule has 0 spiro atoms. The topological polar surface area (TPSA) is 44.1 Å². The Morgan fingerprint density at radius 2 is 1.83 bits per heavy atom. The molecule has 1 aliphatic heterocycles. The van der Waals surface area contributed by atoms with Crippen LogP contribution in [-0.4, -0.2) is 17.9 Å². The molecule has 0 N–H and O–H groups in total. The maximum Gasteiger partial charge on any atom is 0.245 e. The third-order valence-electron chi connectivity index (χ3n) is 3.65. The van der Waals surface area contributed by atoms with Gasteiger partial charge in [0.05, 0.1) is 10.6 Å². The van der Waals surface area contributed by atoms with Gasteiger partial charge in [0, 0.05) is 12.1 Å². The molecule has 2 aromatic rings. The van der Waals surface area contributed by atoms with Gasteiger partial charge in [-0.1, -0.05) is 65.8 Å². The first kappa shape index (κ1) is 15.7. The van der Waals surface area contributed by atoms with E-state index < -0.39 is 0 Å².